The molecule has 0 fully saturated rings. The van der Waals surface area contributed by atoms with E-state index in [2.05, 4.69) is 27.8 Å². The van der Waals surface area contributed by atoms with Gasteiger partial charge in [-0.2, -0.15) is 0 Å². The monoisotopic (exact) mass is 277 g/mol. The van der Waals surface area contributed by atoms with E-state index < -0.39 is 11.7 Å². The third-order valence-electron chi connectivity index (χ3n) is 1.45. The van der Waals surface area contributed by atoms with Gasteiger partial charge in [0.05, 0.1) is 15.2 Å². The number of hydrogen-bond donors (Lipinski definition) is 1. The van der Waals surface area contributed by atoms with Crippen molar-refractivity contribution in [1.82, 2.24) is 0 Å². The van der Waals surface area contributed by atoms with E-state index in [1.54, 1.807) is 0 Å². The molecule has 74 valence electrons. The number of hydrogen-bond acceptors (Lipinski definition) is 1. The number of nitrogens with one attached hydrogen (secondary N) is 1. The van der Waals surface area contributed by atoms with Crippen molar-refractivity contribution in [1.29, 1.82) is 0 Å². The molecule has 2 nitrogen and oxygen atoms in total. The highest BCUT2D eigenvalue weighted by atomic mass is 79.9. The van der Waals surface area contributed by atoms with Crippen LogP contribution < -0.4 is 5.32 Å². The first kappa shape index (κ1) is 11.2. The van der Waals surface area contributed by atoms with Gasteiger partial charge in [0, 0.05) is 0 Å². The van der Waals surface area contributed by atoms with E-state index in [9.17, 15) is 9.18 Å². The van der Waals surface area contributed by atoms with Gasteiger partial charge in [0.1, 0.15) is 5.82 Å². The zero-order valence-corrected chi connectivity index (χ0v) is 9.32. The van der Waals surface area contributed by atoms with Gasteiger partial charge in [0.2, 0.25) is 5.91 Å². The van der Waals surface area contributed by atoms with Gasteiger partial charge in [-0.25, -0.2) is 4.39 Å². The van der Waals surface area contributed by atoms with Crippen molar-refractivity contribution in [3.05, 3.63) is 40.1 Å². The maximum atomic E-state index is 12.9. The molecule has 0 aromatic heterocycles. The number of amides is 1. The molecule has 0 heterocycles. The maximum absolute atomic E-state index is 12.9. The quantitative estimate of drug-likeness (QED) is 0.652. The topological polar surface area (TPSA) is 29.1 Å². The molecule has 0 aliphatic heterocycles. The van der Waals surface area contributed by atoms with Gasteiger partial charge in [0.25, 0.3) is 0 Å². The van der Waals surface area contributed by atoms with Gasteiger partial charge in [0.15, 0.2) is 0 Å². The normalized spacial score (nSPS) is 9.64. The van der Waals surface area contributed by atoms with E-state index in [-0.39, 0.29) is 9.50 Å². The number of carbonyl (C=O) groups is 1. The first-order valence-corrected chi connectivity index (χ1v) is 4.79. The molecule has 1 N–H and O–H groups in total. The van der Waals surface area contributed by atoms with Crippen molar-refractivity contribution in [2.75, 3.05) is 5.32 Å². The molecule has 1 aromatic carbocycles. The van der Waals surface area contributed by atoms with Crippen LogP contribution in [0.4, 0.5) is 10.1 Å². The highest BCUT2D eigenvalue weighted by Gasteiger charge is 2.07. The van der Waals surface area contributed by atoms with Crippen molar-refractivity contribution in [2.24, 2.45) is 0 Å². The van der Waals surface area contributed by atoms with Crippen molar-refractivity contribution >= 4 is 39.1 Å². The van der Waals surface area contributed by atoms with E-state index in [0.29, 0.717) is 5.69 Å². The Balaban J connectivity index is 3.03. The lowest BCUT2D eigenvalue weighted by atomic mass is 10.3. The molecule has 0 bridgehead atoms. The lowest BCUT2D eigenvalue weighted by Crippen LogP contribution is -2.07. The second-order valence-electron chi connectivity index (χ2n) is 2.44. The molecule has 0 aliphatic carbocycles. The van der Waals surface area contributed by atoms with Crippen LogP contribution >= 0.6 is 27.5 Å². The number of halogens is 3. The van der Waals surface area contributed by atoms with E-state index >= 15 is 0 Å². The molecule has 1 rings (SSSR count). The lowest BCUT2D eigenvalue weighted by molar-refractivity contribution is -0.111. The summed E-state index contributed by atoms with van der Waals surface area (Å²) in [7, 11) is 0. The molecule has 0 saturated heterocycles. The highest BCUT2D eigenvalue weighted by molar-refractivity contribution is 9.10. The Kier molecular flexibility index (Phi) is 3.66. The second-order valence-corrected chi connectivity index (χ2v) is 3.70. The minimum atomic E-state index is -0.480. The molecule has 14 heavy (non-hydrogen) atoms. The molecule has 0 unspecified atom stereocenters. The predicted octanol–water partition coefficient (Wildman–Crippen LogP) is 3.37. The Labute approximate surface area is 93.9 Å². The molecule has 0 atom stereocenters. The average Bonchev–Trinajstić information content (AvgIpc) is 2.14. The van der Waals surface area contributed by atoms with Gasteiger partial charge >= 0.3 is 0 Å². The largest absolute Gasteiger partial charge is 0.321 e. The summed E-state index contributed by atoms with van der Waals surface area (Å²) < 4.78 is 13.2. The first-order valence-electron chi connectivity index (χ1n) is 3.62. The van der Waals surface area contributed by atoms with E-state index in [0.717, 1.165) is 12.1 Å². The highest BCUT2D eigenvalue weighted by Crippen LogP contribution is 2.28. The van der Waals surface area contributed by atoms with Gasteiger partial charge in [-0.3, -0.25) is 4.79 Å². The first-order chi connectivity index (χ1) is 6.54. The molecule has 1 amide bonds. The van der Waals surface area contributed by atoms with Crippen LogP contribution in [0.2, 0.25) is 5.02 Å². The van der Waals surface area contributed by atoms with Crippen LogP contribution in [0.3, 0.4) is 0 Å². The number of anilines is 1. The summed E-state index contributed by atoms with van der Waals surface area (Å²) in [5.41, 5.74) is 0.338. The fourth-order valence-corrected chi connectivity index (χ4v) is 1.34. The van der Waals surface area contributed by atoms with E-state index in [1.165, 1.54) is 6.07 Å². The van der Waals surface area contributed by atoms with E-state index in [1.807, 2.05) is 0 Å². The smallest absolute Gasteiger partial charge is 0.247 e. The van der Waals surface area contributed by atoms with Crippen LogP contribution in [-0.2, 0) is 4.79 Å². The molecule has 0 spiro atoms. The Morgan fingerprint density at radius 1 is 1.64 bits per heavy atom. The maximum Gasteiger partial charge on any atom is 0.247 e. The molecular weight excluding hydrogens is 272 g/mol. The van der Waals surface area contributed by atoms with Crippen LogP contribution in [0.5, 0.6) is 0 Å². The molecule has 0 aliphatic rings. The van der Waals surface area contributed by atoms with Gasteiger partial charge in [-0.1, -0.05) is 18.2 Å². The van der Waals surface area contributed by atoms with Crippen LogP contribution in [0.1, 0.15) is 0 Å². The molecular formula is C9H6BrClFNO. The van der Waals surface area contributed by atoms with Gasteiger partial charge in [-0.05, 0) is 34.1 Å². The van der Waals surface area contributed by atoms with Crippen LogP contribution in [0, 0.1) is 5.82 Å². The van der Waals surface area contributed by atoms with E-state index in [4.69, 9.17) is 11.6 Å². The summed E-state index contributed by atoms with van der Waals surface area (Å²) in [6, 6.07) is 2.50. The van der Waals surface area contributed by atoms with Crippen LogP contribution in [0.15, 0.2) is 29.3 Å². The van der Waals surface area contributed by atoms with Gasteiger partial charge in [-0.15, -0.1) is 0 Å². The predicted molar refractivity (Wildman–Crippen MR) is 57.9 cm³/mol. The van der Waals surface area contributed by atoms with Crippen molar-refractivity contribution in [2.45, 2.75) is 0 Å². The van der Waals surface area contributed by atoms with Gasteiger partial charge < -0.3 is 5.32 Å². The van der Waals surface area contributed by atoms with Crippen LogP contribution in [-0.4, -0.2) is 5.91 Å². The summed E-state index contributed by atoms with van der Waals surface area (Å²) in [4.78, 5) is 10.9. The Morgan fingerprint density at radius 2 is 2.29 bits per heavy atom. The summed E-state index contributed by atoms with van der Waals surface area (Å²) in [6.07, 6.45) is 1.10. The molecule has 1 aromatic rings. The Bertz CT molecular complexity index is 395. The number of benzene rings is 1. The fourth-order valence-electron chi connectivity index (χ4n) is 0.802. The average molecular weight is 279 g/mol. The molecule has 5 heteroatoms. The molecule has 0 saturated carbocycles. The third-order valence-corrected chi connectivity index (χ3v) is 2.37. The van der Waals surface area contributed by atoms with Crippen LogP contribution in [0.25, 0.3) is 0 Å². The fraction of sp³-hybridized carbons (Fsp3) is 0. The standard InChI is InChI=1S/C9H6BrClFNO/c1-2-9(14)13-8-3-5(10)7(12)4-6(8)11/h2-4H,1H2,(H,13,14). The van der Waals surface area contributed by atoms with Crippen molar-refractivity contribution in [3.8, 4) is 0 Å². The minimum absolute atomic E-state index is 0.140. The zero-order valence-electron chi connectivity index (χ0n) is 6.98. The molecule has 0 radical (unpaired) electrons. The minimum Gasteiger partial charge on any atom is -0.321 e. The summed E-state index contributed by atoms with van der Waals surface area (Å²) >= 11 is 8.67. The summed E-state index contributed by atoms with van der Waals surface area (Å²) in [5, 5.41) is 2.58. The lowest BCUT2D eigenvalue weighted by Gasteiger charge is -2.05. The van der Waals surface area contributed by atoms with Crippen molar-refractivity contribution < 1.29 is 9.18 Å². The second kappa shape index (κ2) is 4.57. The Morgan fingerprint density at radius 3 is 2.86 bits per heavy atom. The summed E-state index contributed by atoms with van der Waals surface area (Å²) in [5.74, 6) is -0.878. The Hall–Kier alpha value is -0.870. The third kappa shape index (κ3) is 2.56. The zero-order chi connectivity index (χ0) is 10.7. The SMILES string of the molecule is C=CC(=O)Nc1cc(Br)c(F)cc1Cl. The summed E-state index contributed by atoms with van der Waals surface area (Å²) in [6.45, 7) is 3.29. The number of carbonyl (C=O) groups excluding carboxylic acids is 1. The number of rotatable bonds is 2. The van der Waals surface area contributed by atoms with Crippen molar-refractivity contribution in [3.63, 3.8) is 0 Å².